The molecular formula is C29H24N2OPS. The molecule has 0 aliphatic rings. The lowest BCUT2D eigenvalue weighted by Crippen LogP contribution is -2.46. The number of H-pyrrole nitrogens is 1. The van der Waals surface area contributed by atoms with E-state index in [1.165, 1.54) is 11.8 Å². The number of aromatic nitrogens is 2. The van der Waals surface area contributed by atoms with Gasteiger partial charge in [0.2, 0.25) is 0 Å². The van der Waals surface area contributed by atoms with Gasteiger partial charge >= 0.3 is 0 Å². The van der Waals surface area contributed by atoms with Crippen molar-refractivity contribution < 1.29 is 0 Å². The number of hydrogen-bond donors (Lipinski definition) is 1. The highest BCUT2D eigenvalue weighted by Gasteiger charge is 2.40. The fourth-order valence-corrected chi connectivity index (χ4v) is 9.78. The van der Waals surface area contributed by atoms with E-state index in [-0.39, 0.29) is 5.56 Å². The molecule has 0 aliphatic heterocycles. The third-order valence-electron chi connectivity index (χ3n) is 5.87. The van der Waals surface area contributed by atoms with Gasteiger partial charge in [-0.25, -0.2) is 4.98 Å². The van der Waals surface area contributed by atoms with Crippen molar-refractivity contribution in [1.29, 1.82) is 0 Å². The van der Waals surface area contributed by atoms with E-state index in [0.717, 1.165) is 31.8 Å². The quantitative estimate of drug-likeness (QED) is 0.217. The van der Waals surface area contributed by atoms with Crippen LogP contribution in [0.2, 0.25) is 0 Å². The average molecular weight is 480 g/mol. The predicted molar refractivity (Wildman–Crippen MR) is 147 cm³/mol. The van der Waals surface area contributed by atoms with Gasteiger partial charge in [0, 0.05) is 5.56 Å². The molecule has 1 aromatic heterocycles. The van der Waals surface area contributed by atoms with E-state index in [2.05, 4.69) is 77.8 Å². The predicted octanol–water partition coefficient (Wildman–Crippen LogP) is 4.78. The molecule has 0 saturated carbocycles. The molecule has 0 fully saturated rings. The van der Waals surface area contributed by atoms with Gasteiger partial charge in [0.25, 0.3) is 5.56 Å². The summed E-state index contributed by atoms with van der Waals surface area (Å²) in [7, 11) is -2.54. The molecule has 3 nitrogen and oxygen atoms in total. The Morgan fingerprint density at radius 3 is 1.47 bits per heavy atom. The average Bonchev–Trinajstić information content (AvgIpc) is 2.92. The van der Waals surface area contributed by atoms with Crippen LogP contribution in [0.25, 0.3) is 11.4 Å². The molecule has 1 heterocycles. The summed E-state index contributed by atoms with van der Waals surface area (Å²) >= 11 is 1.53. The normalized spacial score (nSPS) is 11.3. The second kappa shape index (κ2) is 9.80. The van der Waals surface area contributed by atoms with E-state index in [0.29, 0.717) is 5.82 Å². The SMILES string of the molecule is CSc1nc(-c2ccccc2)[nH]c(=O)c1[P](c1ccccc1)(c1ccccc1)c1ccccc1. The number of rotatable bonds is 6. The van der Waals surface area contributed by atoms with Gasteiger partial charge < -0.3 is 4.98 Å². The minimum absolute atomic E-state index is 0.0944. The van der Waals surface area contributed by atoms with Crippen molar-refractivity contribution in [3.63, 3.8) is 0 Å². The molecule has 4 aromatic carbocycles. The molecule has 1 N–H and O–H groups in total. The van der Waals surface area contributed by atoms with Crippen LogP contribution in [-0.2, 0) is 0 Å². The maximum atomic E-state index is 14.1. The number of hydrogen-bond acceptors (Lipinski definition) is 3. The van der Waals surface area contributed by atoms with Gasteiger partial charge in [0.1, 0.15) is 10.9 Å². The summed E-state index contributed by atoms with van der Waals surface area (Å²) < 4.78 is 0. The van der Waals surface area contributed by atoms with Crippen molar-refractivity contribution in [3.05, 3.63) is 132 Å². The molecule has 0 bridgehead atoms. The largest absolute Gasteiger partial charge is 0.306 e. The minimum atomic E-state index is -2.54. The van der Waals surface area contributed by atoms with Crippen molar-refractivity contribution in [3.8, 4) is 11.4 Å². The summed E-state index contributed by atoms with van der Waals surface area (Å²) in [5, 5.41) is 4.88. The Kier molecular flexibility index (Phi) is 6.44. The van der Waals surface area contributed by atoms with Crippen LogP contribution in [-0.4, -0.2) is 16.2 Å². The second-order valence-electron chi connectivity index (χ2n) is 7.82. The molecule has 5 rings (SSSR count). The fourth-order valence-electron chi connectivity index (χ4n) is 4.41. The van der Waals surface area contributed by atoms with Gasteiger partial charge in [-0.3, -0.25) is 4.79 Å². The highest BCUT2D eigenvalue weighted by Crippen LogP contribution is 2.54. The van der Waals surface area contributed by atoms with E-state index in [4.69, 9.17) is 4.98 Å². The van der Waals surface area contributed by atoms with E-state index in [1.54, 1.807) is 0 Å². The van der Waals surface area contributed by atoms with Crippen molar-refractivity contribution in [2.45, 2.75) is 5.03 Å². The summed E-state index contributed by atoms with van der Waals surface area (Å²) in [5.74, 6) is 0.589. The van der Waals surface area contributed by atoms with Crippen LogP contribution in [0.4, 0.5) is 0 Å². The first-order valence-electron chi connectivity index (χ1n) is 11.1. The van der Waals surface area contributed by atoms with Gasteiger partial charge in [-0.05, 0) is 29.4 Å². The molecule has 0 spiro atoms. The van der Waals surface area contributed by atoms with E-state index >= 15 is 0 Å². The topological polar surface area (TPSA) is 45.8 Å². The maximum absolute atomic E-state index is 14.1. The number of nitrogens with one attached hydrogen (secondary N) is 1. The number of benzene rings is 4. The first-order valence-corrected chi connectivity index (χ1v) is 14.1. The monoisotopic (exact) mass is 479 g/mol. The smallest absolute Gasteiger partial charge is 0.260 e. The molecule has 5 aromatic rings. The van der Waals surface area contributed by atoms with Crippen LogP contribution >= 0.6 is 19.0 Å². The van der Waals surface area contributed by atoms with Crippen LogP contribution in [0.3, 0.4) is 0 Å². The molecule has 0 amide bonds. The van der Waals surface area contributed by atoms with Crippen molar-refractivity contribution in [2.24, 2.45) is 0 Å². The van der Waals surface area contributed by atoms with Gasteiger partial charge in [0.15, 0.2) is 0 Å². The Balaban J connectivity index is 1.92. The van der Waals surface area contributed by atoms with Crippen molar-refractivity contribution in [2.75, 3.05) is 6.26 Å². The van der Waals surface area contributed by atoms with Gasteiger partial charge in [-0.15, -0.1) is 11.8 Å². The Bertz CT molecular complexity index is 1340. The van der Waals surface area contributed by atoms with Gasteiger partial charge in [-0.1, -0.05) is 121 Å². The van der Waals surface area contributed by atoms with Crippen LogP contribution in [0, 0.1) is 0 Å². The summed E-state index contributed by atoms with van der Waals surface area (Å²) in [6.07, 6.45) is 2.00. The third-order valence-corrected chi connectivity index (χ3v) is 11.0. The summed E-state index contributed by atoms with van der Waals surface area (Å²) in [6.45, 7) is 0. The second-order valence-corrected chi connectivity index (χ2v) is 11.9. The van der Waals surface area contributed by atoms with E-state index in [1.807, 2.05) is 54.8 Å². The summed E-state index contributed by atoms with van der Waals surface area (Å²) in [4.78, 5) is 22.2. The number of aromatic amines is 1. The Labute approximate surface area is 204 Å². The molecule has 0 saturated heterocycles. The zero-order valence-corrected chi connectivity index (χ0v) is 20.5. The van der Waals surface area contributed by atoms with E-state index in [9.17, 15) is 4.79 Å². The zero-order valence-electron chi connectivity index (χ0n) is 18.8. The zero-order chi connectivity index (χ0) is 23.4. The molecule has 0 aliphatic carbocycles. The lowest BCUT2D eigenvalue weighted by molar-refractivity contribution is 1.05. The van der Waals surface area contributed by atoms with Crippen molar-refractivity contribution >= 4 is 40.2 Å². The third kappa shape index (κ3) is 3.90. The molecular weight excluding hydrogens is 455 g/mol. The maximum Gasteiger partial charge on any atom is 0.260 e. The van der Waals surface area contributed by atoms with Gasteiger partial charge in [0.05, 0.1) is 5.30 Å². The van der Waals surface area contributed by atoms with Crippen LogP contribution in [0.5, 0.6) is 0 Å². The molecule has 34 heavy (non-hydrogen) atoms. The molecule has 0 unspecified atom stereocenters. The first kappa shape index (κ1) is 22.3. The lowest BCUT2D eigenvalue weighted by atomic mass is 10.2. The number of thioether (sulfide) groups is 1. The van der Waals surface area contributed by atoms with Gasteiger partial charge in [-0.2, -0.15) is 0 Å². The van der Waals surface area contributed by atoms with Crippen LogP contribution < -0.4 is 26.8 Å². The Hall–Kier alpha value is -3.46. The van der Waals surface area contributed by atoms with Crippen molar-refractivity contribution in [1.82, 2.24) is 9.97 Å². The highest BCUT2D eigenvalue weighted by molar-refractivity contribution is 8.04. The lowest BCUT2D eigenvalue weighted by Gasteiger charge is -2.38. The highest BCUT2D eigenvalue weighted by atomic mass is 32.2. The molecule has 5 heteroatoms. The Morgan fingerprint density at radius 2 is 1.06 bits per heavy atom. The molecule has 0 atom stereocenters. The van der Waals surface area contributed by atoms with Crippen LogP contribution in [0.15, 0.2) is 131 Å². The first-order chi connectivity index (χ1) is 16.7. The summed E-state index contributed by atoms with van der Waals surface area (Å²) in [6, 6.07) is 41.0. The number of nitrogens with zero attached hydrogens (tertiary/aromatic N) is 1. The standard InChI is InChI=1S/C29H24N2OPS/c1-34-29-26(28(32)30-27(31-29)22-14-6-2-7-15-22)33(23-16-8-3-9-17-23,24-18-10-4-11-19-24)25-20-12-5-13-21-25/h2-21H,1H3,(H,30,31,32). The molecule has 1 radical (unpaired) electrons. The fraction of sp³-hybridized carbons (Fsp3) is 0.0345. The van der Waals surface area contributed by atoms with Crippen LogP contribution in [0.1, 0.15) is 0 Å². The Morgan fingerprint density at radius 1 is 0.647 bits per heavy atom. The summed E-state index contributed by atoms with van der Waals surface area (Å²) in [5.41, 5.74) is 0.799. The van der Waals surface area contributed by atoms with E-state index < -0.39 is 7.26 Å². The minimum Gasteiger partial charge on any atom is -0.306 e. The molecule has 167 valence electrons.